The van der Waals surface area contributed by atoms with Gasteiger partial charge in [0, 0.05) is 16.2 Å². The van der Waals surface area contributed by atoms with Crippen molar-refractivity contribution < 1.29 is 28.6 Å². The molecule has 9 aromatic rings. The number of carbonyl (C=O) groups is 3. The lowest BCUT2D eigenvalue weighted by Gasteiger charge is -2.17. The Morgan fingerprint density at radius 1 is 0.308 bits per heavy atom. The van der Waals surface area contributed by atoms with Crippen LogP contribution in [0.2, 0.25) is 0 Å². The van der Waals surface area contributed by atoms with Crippen LogP contribution >= 0.6 is 0 Å². The molecule has 9 aromatic carbocycles. The Bertz CT molecular complexity index is 2590. The van der Waals surface area contributed by atoms with Crippen LogP contribution in [0.15, 0.2) is 164 Å². The molecule has 0 heterocycles. The third-order valence-electron chi connectivity index (χ3n) is 9.46. The summed E-state index contributed by atoms with van der Waals surface area (Å²) in [5, 5.41) is 10.3. The molecule has 6 nitrogen and oxygen atoms in total. The van der Waals surface area contributed by atoms with Gasteiger partial charge < -0.3 is 14.2 Å². The van der Waals surface area contributed by atoms with E-state index in [1.54, 1.807) is 36.4 Å². The topological polar surface area (TPSA) is 78.9 Å². The van der Waals surface area contributed by atoms with Gasteiger partial charge in [0.05, 0.1) is 0 Å². The van der Waals surface area contributed by atoms with Crippen molar-refractivity contribution in [1.82, 2.24) is 0 Å². The maximum absolute atomic E-state index is 14.1. The Morgan fingerprint density at radius 3 is 0.846 bits per heavy atom. The molecule has 0 aliphatic carbocycles. The first-order valence-corrected chi connectivity index (χ1v) is 16.9. The molecular weight excluding hydrogens is 648 g/mol. The third kappa shape index (κ3) is 5.62. The summed E-state index contributed by atoms with van der Waals surface area (Å²) in [4.78, 5) is 42.4. The van der Waals surface area contributed by atoms with E-state index in [4.69, 9.17) is 14.2 Å². The lowest BCUT2D eigenvalue weighted by molar-refractivity contribution is -0.160. The summed E-state index contributed by atoms with van der Waals surface area (Å²) in [6.45, 7) is 0. The zero-order valence-electron chi connectivity index (χ0n) is 27.6. The fourth-order valence-electron chi connectivity index (χ4n) is 6.87. The molecule has 0 spiro atoms. The van der Waals surface area contributed by atoms with Gasteiger partial charge in [0.2, 0.25) is 0 Å². The van der Waals surface area contributed by atoms with E-state index >= 15 is 0 Å². The van der Waals surface area contributed by atoms with E-state index in [9.17, 15) is 14.4 Å². The summed E-state index contributed by atoms with van der Waals surface area (Å²) in [5.41, 5.74) is 0. The molecular formula is C46H28O6. The van der Waals surface area contributed by atoms with Gasteiger partial charge in [0.1, 0.15) is 17.2 Å². The second kappa shape index (κ2) is 12.7. The van der Waals surface area contributed by atoms with Crippen molar-refractivity contribution in [3.63, 3.8) is 0 Å². The molecule has 248 valence electrons. The van der Waals surface area contributed by atoms with Crippen molar-refractivity contribution in [3.8, 4) is 17.2 Å². The predicted octanol–water partition coefficient (Wildman–Crippen LogP) is 10.3. The minimum atomic E-state index is -2.07. The Labute approximate surface area is 297 Å². The number of hydrogen-bond acceptors (Lipinski definition) is 6. The highest BCUT2D eigenvalue weighted by Gasteiger charge is 2.40. The van der Waals surface area contributed by atoms with E-state index in [0.717, 1.165) is 48.5 Å². The fraction of sp³-hybridized carbons (Fsp3) is 0.0217. The van der Waals surface area contributed by atoms with Crippen LogP contribution in [0.4, 0.5) is 0 Å². The van der Waals surface area contributed by atoms with Gasteiger partial charge in [-0.15, -0.1) is 0 Å². The summed E-state index contributed by atoms with van der Waals surface area (Å²) in [6, 6.07) is 51.2. The Morgan fingerprint density at radius 2 is 0.558 bits per heavy atom. The van der Waals surface area contributed by atoms with E-state index in [0.29, 0.717) is 16.2 Å². The van der Waals surface area contributed by atoms with Crippen LogP contribution in [-0.4, -0.2) is 17.9 Å². The number of carbonyl (C=O) groups excluding carboxylic acids is 3. The van der Waals surface area contributed by atoms with Crippen molar-refractivity contribution >= 4 is 82.5 Å². The van der Waals surface area contributed by atoms with Gasteiger partial charge in [-0.05, 0) is 103 Å². The molecule has 0 amide bonds. The first-order valence-electron chi connectivity index (χ1n) is 16.9. The van der Waals surface area contributed by atoms with Gasteiger partial charge in [0.15, 0.2) is 0 Å². The molecule has 0 saturated heterocycles. The average Bonchev–Trinajstić information content (AvgIpc) is 3.16. The van der Waals surface area contributed by atoms with Crippen LogP contribution in [0.1, 0.15) is 0 Å². The average molecular weight is 677 g/mol. The van der Waals surface area contributed by atoms with Crippen molar-refractivity contribution in [3.05, 3.63) is 164 Å². The number of ether oxygens (including phenoxy) is 3. The summed E-state index contributed by atoms with van der Waals surface area (Å²) >= 11 is 0. The van der Waals surface area contributed by atoms with E-state index in [1.807, 2.05) is 127 Å². The van der Waals surface area contributed by atoms with E-state index in [2.05, 4.69) is 0 Å². The number of benzene rings is 9. The molecule has 0 saturated carbocycles. The lowest BCUT2D eigenvalue weighted by Crippen LogP contribution is -2.40. The molecule has 0 aliphatic rings. The van der Waals surface area contributed by atoms with Gasteiger partial charge >= 0.3 is 17.9 Å². The van der Waals surface area contributed by atoms with Gasteiger partial charge in [-0.3, -0.25) is 14.4 Å². The first kappa shape index (κ1) is 31.0. The summed E-state index contributed by atoms with van der Waals surface area (Å²) < 4.78 is 17.7. The molecule has 52 heavy (non-hydrogen) atoms. The molecule has 0 bridgehead atoms. The third-order valence-corrected chi connectivity index (χ3v) is 9.46. The van der Waals surface area contributed by atoms with Crippen LogP contribution in [0.3, 0.4) is 0 Å². The predicted molar refractivity (Wildman–Crippen MR) is 205 cm³/mol. The highest BCUT2D eigenvalue weighted by molar-refractivity contribution is 6.15. The van der Waals surface area contributed by atoms with E-state index < -0.39 is 23.8 Å². The number of rotatable bonds is 6. The standard InChI is InChI=1S/C46H28O6/c47-44(50-40-19-7-16-34-22-28-10-1-4-13-31(28)25-37(34)40)43(45(48)51-41-20-8-17-35-23-29-11-2-5-14-32(29)26-38(35)41)46(49)52-42-21-9-18-36-24-30-12-3-6-15-33(30)27-39(36)42/h1-27,43H. The zero-order valence-corrected chi connectivity index (χ0v) is 27.6. The highest BCUT2D eigenvalue weighted by Crippen LogP contribution is 2.34. The fourth-order valence-corrected chi connectivity index (χ4v) is 6.87. The van der Waals surface area contributed by atoms with E-state index in [-0.39, 0.29) is 17.2 Å². The van der Waals surface area contributed by atoms with Crippen LogP contribution in [0.25, 0.3) is 64.6 Å². The Balaban J connectivity index is 1.10. The number of hydrogen-bond donors (Lipinski definition) is 0. The van der Waals surface area contributed by atoms with Crippen LogP contribution in [-0.2, 0) is 14.4 Å². The summed E-state index contributed by atoms with van der Waals surface area (Å²) in [6.07, 6.45) is 0. The van der Waals surface area contributed by atoms with Crippen molar-refractivity contribution in [2.24, 2.45) is 5.92 Å². The minimum absolute atomic E-state index is 0.201. The monoisotopic (exact) mass is 676 g/mol. The smallest absolute Gasteiger partial charge is 0.337 e. The largest absolute Gasteiger partial charge is 0.425 e. The quantitative estimate of drug-likeness (QED) is 0.0755. The molecule has 6 heteroatoms. The maximum Gasteiger partial charge on any atom is 0.337 e. The second-order valence-corrected chi connectivity index (χ2v) is 12.7. The minimum Gasteiger partial charge on any atom is -0.425 e. The molecule has 0 N–H and O–H groups in total. The molecule has 0 radical (unpaired) electrons. The van der Waals surface area contributed by atoms with Crippen molar-refractivity contribution in [2.45, 2.75) is 0 Å². The summed E-state index contributed by atoms with van der Waals surface area (Å²) in [5.74, 6) is -4.82. The van der Waals surface area contributed by atoms with E-state index in [1.165, 1.54) is 0 Å². The van der Waals surface area contributed by atoms with Gasteiger partial charge in [-0.2, -0.15) is 0 Å². The van der Waals surface area contributed by atoms with Crippen molar-refractivity contribution in [1.29, 1.82) is 0 Å². The SMILES string of the molecule is O=C(Oc1cccc2cc3ccccc3cc12)C(C(=O)Oc1cccc2cc3ccccc3cc12)C(=O)Oc1cccc2cc3ccccc3cc12. The lowest BCUT2D eigenvalue weighted by atomic mass is 10.0. The molecule has 9 rings (SSSR count). The maximum atomic E-state index is 14.1. The zero-order chi connectivity index (χ0) is 35.2. The first-order chi connectivity index (χ1) is 25.5. The van der Waals surface area contributed by atoms with Gasteiger partial charge in [-0.1, -0.05) is 109 Å². The van der Waals surface area contributed by atoms with Crippen LogP contribution in [0.5, 0.6) is 17.2 Å². The van der Waals surface area contributed by atoms with Crippen molar-refractivity contribution in [2.75, 3.05) is 0 Å². The van der Waals surface area contributed by atoms with Crippen LogP contribution < -0.4 is 14.2 Å². The van der Waals surface area contributed by atoms with Gasteiger partial charge in [0.25, 0.3) is 5.92 Å². The second-order valence-electron chi connectivity index (χ2n) is 12.7. The van der Waals surface area contributed by atoms with Gasteiger partial charge in [-0.25, -0.2) is 0 Å². The molecule has 0 aliphatic heterocycles. The molecule has 0 aromatic heterocycles. The highest BCUT2D eigenvalue weighted by atomic mass is 16.6. The number of fused-ring (bicyclic) bond motifs is 6. The normalized spacial score (nSPS) is 11.5. The van der Waals surface area contributed by atoms with Crippen LogP contribution in [0, 0.1) is 5.92 Å². The molecule has 0 unspecified atom stereocenters. The number of esters is 3. The Hall–Kier alpha value is -7.05. The Kier molecular flexibility index (Phi) is 7.55. The molecule has 0 fully saturated rings. The molecule has 0 atom stereocenters. The summed E-state index contributed by atoms with van der Waals surface area (Å²) in [7, 11) is 0.